The average molecular weight is 2160 g/mol. The molecule has 6 atom stereocenters. The van der Waals surface area contributed by atoms with Gasteiger partial charge in [-0.05, 0) is 236 Å². The van der Waals surface area contributed by atoms with Crippen molar-refractivity contribution in [2.24, 2.45) is 48.0 Å². The molecule has 0 aromatic carbocycles. The minimum atomic E-state index is -3.22. The van der Waals surface area contributed by atoms with Gasteiger partial charge >= 0.3 is 53.3 Å². The number of carboxylic acids is 1. The summed E-state index contributed by atoms with van der Waals surface area (Å²) in [5, 5.41) is 36.3. The fraction of sp³-hybridized carbons (Fsp3) is 0.430. The topological polar surface area (TPSA) is 561 Å². The van der Waals surface area contributed by atoms with E-state index in [4.69, 9.17) is 51.2 Å². The summed E-state index contributed by atoms with van der Waals surface area (Å²) in [5.74, 6) is -0.159. The number of carboxylic acid groups (broad SMARTS) is 1. The zero-order valence-corrected chi connectivity index (χ0v) is 90.9. The summed E-state index contributed by atoms with van der Waals surface area (Å²) in [4.78, 5) is 150. The number of rotatable bonds is 15. The molecule has 3 aliphatic rings. The number of fused-ring (bicyclic) bond motifs is 3. The number of aryl methyl sites for hydroxylation is 12. The molecule has 2 unspecified atom stereocenters. The molecule has 52 heteroatoms. The third-order valence-corrected chi connectivity index (χ3v) is 23.9. The zero-order valence-electron chi connectivity index (χ0n) is 84.5. The molecular formula is C93H120Cl3N22O22PS4. The normalized spacial score (nSPS) is 15.5. The number of nitrogen functional groups attached to an aromatic ring is 1. The molecule has 3 aliphatic heterocycles. The predicted molar refractivity (Wildman–Crippen MR) is 553 cm³/mol. The summed E-state index contributed by atoms with van der Waals surface area (Å²) in [5.41, 5.74) is 21.1. The number of thiophene rings is 4. The first-order valence-electron chi connectivity index (χ1n) is 44.1. The monoisotopic (exact) mass is 2160 g/mol. The second kappa shape index (κ2) is 52.4. The van der Waals surface area contributed by atoms with Crippen LogP contribution in [0.2, 0.25) is 0 Å². The Morgan fingerprint density at radius 2 is 0.966 bits per heavy atom. The van der Waals surface area contributed by atoms with Crippen LogP contribution >= 0.6 is 84.3 Å². The molecule has 10 N–H and O–H groups in total. The van der Waals surface area contributed by atoms with Crippen molar-refractivity contribution in [3.8, 4) is 46.3 Å². The SMILES string of the molecule is CCOC(=O)c1cc(C)cn1C.COC(=O)[C@@H]1CC(Oc2nc(-c3cc(C)nn3C)nc3ccsc23)CN1C(=O)OC(C)(C)C.COC(=O)[C@@H]1C[C@H](O)CN1C(=O)OC(C)(C)C.COC(=O)c1sccc1N.Cc1cc(-c2nc(OC3C[C@@H](C(=O)O)N(C(=O)OC(C)C)C3)c3sccc3n2)n(C)n1.Cc1cc(-c2nc3ccsc3c(=O)[nH]2)n(C)n1.Cc1cc(C(N)=O)n(C)c1.N.O=P(Cl)(Cl)Cl.[C-]#[N+]c1cc(C)cn1C. The highest BCUT2D eigenvalue weighted by Crippen LogP contribution is 2.61. The second-order valence-corrected chi connectivity index (χ2v) is 45.1. The first-order valence-corrected chi connectivity index (χ1v) is 52.1. The van der Waals surface area contributed by atoms with Crippen molar-refractivity contribution in [1.82, 2.24) is 93.8 Å². The third kappa shape index (κ3) is 34.1. The molecule has 0 bridgehead atoms. The summed E-state index contributed by atoms with van der Waals surface area (Å²) in [6, 6.07) is 15.9. The van der Waals surface area contributed by atoms with Crippen LogP contribution < -0.4 is 32.7 Å². The number of primary amides is 1. The highest BCUT2D eigenvalue weighted by molar-refractivity contribution is 8.24. The van der Waals surface area contributed by atoms with E-state index < -0.39 is 89.0 Å². The molecule has 44 nitrogen and oxygen atoms in total. The van der Waals surface area contributed by atoms with Crippen LogP contribution in [0.5, 0.6) is 11.8 Å². The number of hydrogen-bond donors (Lipinski definition) is 6. The van der Waals surface area contributed by atoms with Crippen LogP contribution in [0.3, 0.4) is 0 Å². The number of anilines is 1. The lowest BCUT2D eigenvalue weighted by Gasteiger charge is -2.27. The van der Waals surface area contributed by atoms with Gasteiger partial charge in [0.25, 0.3) is 11.5 Å². The summed E-state index contributed by atoms with van der Waals surface area (Å²) in [7, 11) is 14.9. The number of esters is 4. The van der Waals surface area contributed by atoms with Gasteiger partial charge in [0.05, 0.1) is 112 Å². The molecule has 0 spiro atoms. The number of methoxy groups -OCH3 is 3. The van der Waals surface area contributed by atoms with Gasteiger partial charge in [-0.2, -0.15) is 25.3 Å². The van der Waals surface area contributed by atoms with Crippen molar-refractivity contribution in [2.45, 2.75) is 177 Å². The molecule has 16 rings (SSSR count). The van der Waals surface area contributed by atoms with E-state index >= 15 is 0 Å². The van der Waals surface area contributed by atoms with E-state index in [0.29, 0.717) is 68.3 Å². The van der Waals surface area contributed by atoms with Crippen LogP contribution in [-0.2, 0) is 94.4 Å². The average Bonchev–Trinajstić information content (AvgIpc) is 1.65. The van der Waals surface area contributed by atoms with E-state index in [-0.39, 0.29) is 74.6 Å². The Labute approximate surface area is 866 Å². The number of β-amino-alcohol motifs (C(OH)–C–C–N with tert-alkyl or cyclic N) is 1. The molecule has 0 aliphatic carbocycles. The highest BCUT2D eigenvalue weighted by atomic mass is 36.0. The Morgan fingerprint density at radius 1 is 0.559 bits per heavy atom. The summed E-state index contributed by atoms with van der Waals surface area (Å²) < 4.78 is 69.3. The molecule has 3 fully saturated rings. The van der Waals surface area contributed by atoms with Crippen molar-refractivity contribution in [2.75, 3.05) is 53.3 Å². The van der Waals surface area contributed by atoms with Crippen molar-refractivity contribution in [1.29, 1.82) is 0 Å². The summed E-state index contributed by atoms with van der Waals surface area (Å²) in [6.45, 7) is 34.8. The number of aliphatic hydroxyl groups is 1. The van der Waals surface area contributed by atoms with Gasteiger partial charge in [-0.15, -0.1) is 45.3 Å². The predicted octanol–water partition coefficient (Wildman–Crippen LogP) is 16.3. The molecule has 0 radical (unpaired) electrons. The number of nitrogens with two attached hydrogens (primary N) is 2. The van der Waals surface area contributed by atoms with Crippen LogP contribution in [0, 0.1) is 48.1 Å². The maximum atomic E-state index is 12.7. The van der Waals surface area contributed by atoms with Gasteiger partial charge in [-0.3, -0.25) is 42.9 Å². The maximum absolute atomic E-state index is 12.7. The summed E-state index contributed by atoms with van der Waals surface area (Å²) >= 11 is 19.4. The van der Waals surface area contributed by atoms with Gasteiger partial charge in [0.15, 0.2) is 17.5 Å². The maximum Gasteiger partial charge on any atom is 0.411 e. The van der Waals surface area contributed by atoms with E-state index in [1.165, 1.54) is 81.4 Å². The molecule has 145 heavy (non-hydrogen) atoms. The van der Waals surface area contributed by atoms with E-state index in [0.717, 1.165) is 76.8 Å². The molecule has 4 amide bonds. The van der Waals surface area contributed by atoms with Crippen LogP contribution in [-0.4, -0.2) is 253 Å². The fourth-order valence-corrected chi connectivity index (χ4v) is 17.4. The van der Waals surface area contributed by atoms with Crippen LogP contribution in [0.4, 0.5) is 25.9 Å². The van der Waals surface area contributed by atoms with Crippen molar-refractivity contribution in [3.05, 3.63) is 173 Å². The Kier molecular flexibility index (Phi) is 42.9. The Balaban J connectivity index is 0.000000233. The number of ether oxygens (including phenoxy) is 9. The number of aliphatic carboxylic acids is 1. The number of carbonyl (C=O) groups excluding carboxylic acids is 8. The number of halogens is 3. The van der Waals surface area contributed by atoms with E-state index in [9.17, 15) is 62.7 Å². The number of aromatic amines is 1. The third-order valence-electron chi connectivity index (χ3n) is 20.3. The van der Waals surface area contributed by atoms with Gasteiger partial charge in [0.1, 0.15) is 89.0 Å². The van der Waals surface area contributed by atoms with Crippen LogP contribution in [0.1, 0.15) is 146 Å². The number of hydrogen-bond acceptors (Lipinski definition) is 35. The Bertz CT molecular complexity index is 6860. The van der Waals surface area contributed by atoms with E-state index in [1.807, 2.05) is 165 Å². The van der Waals surface area contributed by atoms with Crippen molar-refractivity contribution >= 4 is 180 Å². The number of likely N-dealkylation sites (tertiary alicyclic amines) is 3. The molecule has 3 saturated heterocycles. The lowest BCUT2D eigenvalue weighted by Crippen LogP contribution is -2.44. The lowest BCUT2D eigenvalue weighted by molar-refractivity contribution is -0.146. The smallest absolute Gasteiger partial charge is 0.411 e. The second-order valence-electron chi connectivity index (χ2n) is 34.8. The number of nitrogens with zero attached hydrogens (tertiary/aromatic N) is 18. The molecule has 784 valence electrons. The first-order chi connectivity index (χ1) is 67.4. The zero-order chi connectivity index (χ0) is 107. The summed E-state index contributed by atoms with van der Waals surface area (Å²) in [6.07, 6.45) is 2.36. The minimum absolute atomic E-state index is 0. The lowest BCUT2D eigenvalue weighted by atomic mass is 10.2. The molecule has 13 aromatic rings. The van der Waals surface area contributed by atoms with Gasteiger partial charge in [-0.1, -0.05) is 6.57 Å². The van der Waals surface area contributed by atoms with Gasteiger partial charge < -0.3 is 94.0 Å². The first kappa shape index (κ1) is 119. The van der Waals surface area contributed by atoms with Gasteiger partial charge in [0.2, 0.25) is 17.6 Å². The van der Waals surface area contributed by atoms with E-state index in [2.05, 4.69) is 93.2 Å². The number of carbonyl (C=O) groups is 9. The number of aliphatic hydroxyl groups excluding tert-OH is 1. The fourth-order valence-electron chi connectivity index (χ4n) is 14.4. The van der Waals surface area contributed by atoms with Gasteiger partial charge in [-0.25, -0.2) is 53.3 Å². The van der Waals surface area contributed by atoms with E-state index in [1.54, 1.807) is 110 Å². The molecule has 16 heterocycles. The van der Waals surface area contributed by atoms with Crippen LogP contribution in [0.25, 0.3) is 70.0 Å². The number of amides is 4. The Hall–Kier alpha value is -13.4. The van der Waals surface area contributed by atoms with Gasteiger partial charge in [0, 0.05) is 66.9 Å². The number of nitrogens with one attached hydrogen (secondary N) is 1. The van der Waals surface area contributed by atoms with Crippen molar-refractivity contribution in [3.63, 3.8) is 0 Å². The number of aromatic nitrogens is 15. The standard InChI is InChI=1S/C22H27N5O5S.C20H23N5O5S.C11H10N4OS.C11H19NO5.C9H13NO2.C7H10N2O.C7H8N2.C6H7NO2S.Cl3OP.H3N/c1-12-9-15(26(5)25-12)18-23-14-7-8-33-17(14)19(24-18)31-13-10-16(20(28)30-6)27(11-13)21(29)32-22(2,3)4;1-10(2)29-20(28)25-9-12(8-15(25)19(26)27)30-18-16-13(5-6-31-16)21-17(22-18)14-7-11(3)23-24(14)4;1-6-5-8(15(2)14-6)10-12-7-3-4-17-9(7)11(16)13-10;1-11(2,3)17-10(15)12-6-7(13)5-8(12)9(14)16-4;1-4-12-9(11)8-5-7(2)6-10(8)3;1-5-3-6(7(8)10)9(2)4-5;1-6-4-7(8-2)9(3)5-6;1-9-6(8)5-4(7)2-3-10-5;1-5(2,3)4;/h7-9,13,16H,10-11H2,1-6H3;5-7,10,12,15H,8-9H2,1-4H3,(H,26,27);3-5H,1-2H3,(H,12,13,16);7-8,13H,5-6H2,1-4H3;5-6H,4H2,1-3H3;3-4H,1-2H3,(H2,8,10);4-5H,1,3H3;2-3H,7H2,1H3;;1H3/t13?,16-;12?,15-;;7-,8-;;;;;;/m00.0....../s1. The quantitative estimate of drug-likeness (QED) is 0.0240. The minimum Gasteiger partial charge on any atom is -0.480 e. The Morgan fingerprint density at radius 3 is 1.32 bits per heavy atom. The number of H-pyrrole nitrogens is 1. The largest absolute Gasteiger partial charge is 0.480 e. The molecule has 13 aromatic heterocycles. The highest BCUT2D eigenvalue weighted by Gasteiger charge is 2.46. The molecular weight excluding hydrogens is 2040 g/mol. The molecule has 0 saturated carbocycles. The van der Waals surface area contributed by atoms with Crippen molar-refractivity contribution < 1.29 is 101 Å². The van der Waals surface area contributed by atoms with Crippen LogP contribution in [0.15, 0.2) is 106 Å².